The molecule has 2 aromatic heterocycles. The lowest BCUT2D eigenvalue weighted by Gasteiger charge is -2.05. The number of nitrogens with two attached hydrogens (primary N) is 1. The molecule has 0 fully saturated rings. The molecule has 0 atom stereocenters. The van der Waals surface area contributed by atoms with Crippen molar-refractivity contribution in [2.45, 2.75) is 6.54 Å². The van der Waals surface area contributed by atoms with Crippen molar-refractivity contribution in [3.05, 3.63) is 48.0 Å². The van der Waals surface area contributed by atoms with Gasteiger partial charge in [-0.05, 0) is 24.3 Å². The standard InChI is InChI=1S/C13H10N6/c14-6-9-1-2-11-12(5-9)19(13(15)18-11)7-10-3-4-16-8-17-10/h1-5,8H,7H2,(H2,15,18). The molecule has 0 saturated carbocycles. The van der Waals surface area contributed by atoms with Crippen LogP contribution < -0.4 is 5.73 Å². The second-order valence-corrected chi connectivity index (χ2v) is 4.07. The zero-order valence-corrected chi connectivity index (χ0v) is 9.98. The molecule has 1 aromatic carbocycles. The summed E-state index contributed by atoms with van der Waals surface area (Å²) in [7, 11) is 0. The molecule has 2 N–H and O–H groups in total. The summed E-state index contributed by atoms with van der Waals surface area (Å²) < 4.78 is 1.83. The van der Waals surface area contributed by atoms with Crippen molar-refractivity contribution in [1.29, 1.82) is 5.26 Å². The van der Waals surface area contributed by atoms with E-state index >= 15 is 0 Å². The first kappa shape index (κ1) is 11.2. The number of nitrogens with zero attached hydrogens (tertiary/aromatic N) is 5. The molecule has 0 aliphatic rings. The molecule has 0 bridgehead atoms. The van der Waals surface area contributed by atoms with Crippen LogP contribution in [0.25, 0.3) is 11.0 Å². The lowest BCUT2D eigenvalue weighted by atomic mass is 10.2. The van der Waals surface area contributed by atoms with Crippen LogP contribution in [0.1, 0.15) is 11.3 Å². The number of aromatic nitrogens is 4. The molecule has 0 amide bonds. The van der Waals surface area contributed by atoms with E-state index in [1.807, 2.05) is 10.6 Å². The summed E-state index contributed by atoms with van der Waals surface area (Å²) in [5.41, 5.74) is 8.93. The zero-order chi connectivity index (χ0) is 13.2. The third-order valence-corrected chi connectivity index (χ3v) is 2.87. The van der Waals surface area contributed by atoms with Crippen LogP contribution in [0.4, 0.5) is 5.95 Å². The third kappa shape index (κ3) is 1.98. The highest BCUT2D eigenvalue weighted by atomic mass is 15.2. The number of fused-ring (bicyclic) bond motifs is 1. The highest BCUT2D eigenvalue weighted by Crippen LogP contribution is 2.20. The lowest BCUT2D eigenvalue weighted by Crippen LogP contribution is -2.06. The van der Waals surface area contributed by atoms with Gasteiger partial charge in [-0.2, -0.15) is 5.26 Å². The molecule has 2 heterocycles. The Morgan fingerprint density at radius 3 is 2.95 bits per heavy atom. The van der Waals surface area contributed by atoms with Crippen LogP contribution in [0.2, 0.25) is 0 Å². The van der Waals surface area contributed by atoms with E-state index in [0.717, 1.165) is 16.7 Å². The average molecular weight is 250 g/mol. The van der Waals surface area contributed by atoms with E-state index in [1.54, 1.807) is 24.4 Å². The van der Waals surface area contributed by atoms with E-state index < -0.39 is 0 Å². The van der Waals surface area contributed by atoms with Crippen LogP contribution in [-0.4, -0.2) is 19.5 Å². The molecule has 0 unspecified atom stereocenters. The van der Waals surface area contributed by atoms with Crippen LogP contribution >= 0.6 is 0 Å². The lowest BCUT2D eigenvalue weighted by molar-refractivity contribution is 0.803. The second-order valence-electron chi connectivity index (χ2n) is 4.07. The quantitative estimate of drug-likeness (QED) is 0.740. The van der Waals surface area contributed by atoms with Gasteiger partial charge in [-0.25, -0.2) is 15.0 Å². The van der Waals surface area contributed by atoms with Gasteiger partial charge >= 0.3 is 0 Å². The Morgan fingerprint density at radius 1 is 1.32 bits per heavy atom. The van der Waals surface area contributed by atoms with Gasteiger partial charge in [0.1, 0.15) is 6.33 Å². The van der Waals surface area contributed by atoms with Gasteiger partial charge < -0.3 is 10.3 Å². The van der Waals surface area contributed by atoms with Gasteiger partial charge in [-0.15, -0.1) is 0 Å². The molecule has 6 heteroatoms. The van der Waals surface area contributed by atoms with Crippen LogP contribution in [0.15, 0.2) is 36.8 Å². The zero-order valence-electron chi connectivity index (χ0n) is 9.98. The smallest absolute Gasteiger partial charge is 0.201 e. The molecule has 0 saturated heterocycles. The second kappa shape index (κ2) is 4.38. The molecule has 0 aliphatic heterocycles. The van der Waals surface area contributed by atoms with E-state index in [2.05, 4.69) is 21.0 Å². The SMILES string of the molecule is N#Cc1ccc2nc(N)n(Cc3ccncn3)c2c1. The van der Waals surface area contributed by atoms with Crippen molar-refractivity contribution in [2.75, 3.05) is 5.73 Å². The first-order chi connectivity index (χ1) is 9.28. The van der Waals surface area contributed by atoms with Gasteiger partial charge in [0.15, 0.2) is 0 Å². The Labute approximate surface area is 109 Å². The van der Waals surface area contributed by atoms with Gasteiger partial charge in [0, 0.05) is 6.20 Å². The van der Waals surface area contributed by atoms with Crippen molar-refractivity contribution in [2.24, 2.45) is 0 Å². The Morgan fingerprint density at radius 2 is 2.21 bits per heavy atom. The van der Waals surface area contributed by atoms with Gasteiger partial charge in [0.05, 0.1) is 34.9 Å². The van der Waals surface area contributed by atoms with Crippen molar-refractivity contribution < 1.29 is 0 Å². The molecule has 0 spiro atoms. The first-order valence-corrected chi connectivity index (χ1v) is 5.68. The predicted molar refractivity (Wildman–Crippen MR) is 70.0 cm³/mol. The number of imidazole rings is 1. The molecule has 3 aromatic rings. The number of nitriles is 1. The number of hydrogen-bond acceptors (Lipinski definition) is 5. The maximum Gasteiger partial charge on any atom is 0.201 e. The molecule has 92 valence electrons. The Balaban J connectivity index is 2.12. The summed E-state index contributed by atoms with van der Waals surface area (Å²) in [4.78, 5) is 12.3. The molecule has 19 heavy (non-hydrogen) atoms. The topological polar surface area (TPSA) is 93.4 Å². The van der Waals surface area contributed by atoms with Crippen LogP contribution in [0.5, 0.6) is 0 Å². The number of rotatable bonds is 2. The van der Waals surface area contributed by atoms with Crippen LogP contribution in [0.3, 0.4) is 0 Å². The fraction of sp³-hybridized carbons (Fsp3) is 0.0769. The molecular weight excluding hydrogens is 240 g/mol. The Kier molecular flexibility index (Phi) is 2.58. The minimum absolute atomic E-state index is 0.406. The fourth-order valence-electron chi connectivity index (χ4n) is 1.95. The van der Waals surface area contributed by atoms with E-state index in [0.29, 0.717) is 18.1 Å². The maximum absolute atomic E-state index is 8.95. The Hall–Kier alpha value is -2.94. The van der Waals surface area contributed by atoms with E-state index in [4.69, 9.17) is 11.0 Å². The number of hydrogen-bond donors (Lipinski definition) is 1. The van der Waals surface area contributed by atoms with E-state index in [9.17, 15) is 0 Å². The van der Waals surface area contributed by atoms with Crippen LogP contribution in [0, 0.1) is 11.3 Å². The largest absolute Gasteiger partial charge is 0.369 e. The monoisotopic (exact) mass is 250 g/mol. The van der Waals surface area contributed by atoms with Crippen molar-refractivity contribution in [1.82, 2.24) is 19.5 Å². The summed E-state index contributed by atoms with van der Waals surface area (Å²) in [6.45, 7) is 0.500. The summed E-state index contributed by atoms with van der Waals surface area (Å²) in [6, 6.07) is 9.23. The maximum atomic E-state index is 8.95. The van der Waals surface area contributed by atoms with Gasteiger partial charge in [0.25, 0.3) is 0 Å². The number of anilines is 1. The van der Waals surface area contributed by atoms with Gasteiger partial charge in [-0.3, -0.25) is 0 Å². The number of nitrogen functional groups attached to an aromatic ring is 1. The summed E-state index contributed by atoms with van der Waals surface area (Å²) in [6.07, 6.45) is 3.17. The first-order valence-electron chi connectivity index (χ1n) is 5.68. The number of benzene rings is 1. The molecule has 0 radical (unpaired) electrons. The van der Waals surface area contributed by atoms with Crippen molar-refractivity contribution in [3.63, 3.8) is 0 Å². The predicted octanol–water partition coefficient (Wildman–Crippen LogP) is 1.33. The van der Waals surface area contributed by atoms with Crippen LogP contribution in [-0.2, 0) is 6.54 Å². The third-order valence-electron chi connectivity index (χ3n) is 2.87. The van der Waals surface area contributed by atoms with Gasteiger partial charge in [0.2, 0.25) is 5.95 Å². The summed E-state index contributed by atoms with van der Waals surface area (Å²) in [5.74, 6) is 0.406. The minimum Gasteiger partial charge on any atom is -0.369 e. The molecule has 3 rings (SSSR count). The molecule has 0 aliphatic carbocycles. The van der Waals surface area contributed by atoms with Crippen molar-refractivity contribution in [3.8, 4) is 6.07 Å². The average Bonchev–Trinajstić information content (AvgIpc) is 2.76. The summed E-state index contributed by atoms with van der Waals surface area (Å²) in [5, 5.41) is 8.95. The van der Waals surface area contributed by atoms with Crippen molar-refractivity contribution >= 4 is 17.0 Å². The van der Waals surface area contributed by atoms with E-state index in [-0.39, 0.29) is 0 Å². The van der Waals surface area contributed by atoms with E-state index in [1.165, 1.54) is 6.33 Å². The fourth-order valence-corrected chi connectivity index (χ4v) is 1.95. The Bertz CT molecular complexity index is 769. The highest BCUT2D eigenvalue weighted by Gasteiger charge is 2.09. The molecular formula is C13H10N6. The van der Waals surface area contributed by atoms with Gasteiger partial charge in [-0.1, -0.05) is 0 Å². The highest BCUT2D eigenvalue weighted by molar-refractivity contribution is 5.79. The minimum atomic E-state index is 0.406. The normalized spacial score (nSPS) is 10.5. The molecule has 6 nitrogen and oxygen atoms in total. The summed E-state index contributed by atoms with van der Waals surface area (Å²) >= 11 is 0.